The summed E-state index contributed by atoms with van der Waals surface area (Å²) in [5.74, 6) is 0. The average molecular weight is 175 g/mol. The maximum absolute atomic E-state index is 11.5. The lowest BCUT2D eigenvalue weighted by Crippen LogP contribution is -2.45. The molecule has 0 radical (unpaired) electrons. The molecule has 2 bridgehead atoms. The molecule has 2 heterocycles. The number of rotatable bonds is 0. The maximum Gasteiger partial charge on any atom is 0.158 e. The Morgan fingerprint density at radius 1 is 1.18 bits per heavy atom. The third-order valence-electron chi connectivity index (χ3n) is 2.77. The lowest BCUT2D eigenvalue weighted by molar-refractivity contribution is 0.331. The standard InChI is InChI=1S/C7H13NO2S/c1-8-4-6-2-3-7(5-8)11(6,9)10/h6-7H,2-5H2,1H3/t6-,7+. The van der Waals surface area contributed by atoms with Crippen molar-refractivity contribution >= 4 is 9.84 Å². The Labute approximate surface area is 67.3 Å². The van der Waals surface area contributed by atoms with E-state index in [-0.39, 0.29) is 10.5 Å². The highest BCUT2D eigenvalue weighted by Crippen LogP contribution is 2.31. The summed E-state index contributed by atoms with van der Waals surface area (Å²) in [5, 5.41) is -0.0995. The van der Waals surface area contributed by atoms with Crippen LogP contribution in [0.15, 0.2) is 0 Å². The van der Waals surface area contributed by atoms with Gasteiger partial charge in [0.05, 0.1) is 10.5 Å². The Morgan fingerprint density at radius 2 is 1.64 bits per heavy atom. The fraction of sp³-hybridized carbons (Fsp3) is 1.00. The van der Waals surface area contributed by atoms with Crippen LogP contribution in [0.3, 0.4) is 0 Å². The van der Waals surface area contributed by atoms with Crippen molar-refractivity contribution in [2.75, 3.05) is 20.1 Å². The molecule has 2 aliphatic rings. The molecule has 0 N–H and O–H groups in total. The van der Waals surface area contributed by atoms with Crippen LogP contribution in [0.2, 0.25) is 0 Å². The van der Waals surface area contributed by atoms with Crippen molar-refractivity contribution in [3.05, 3.63) is 0 Å². The molecule has 0 aliphatic carbocycles. The molecular weight excluding hydrogens is 162 g/mol. The van der Waals surface area contributed by atoms with E-state index in [2.05, 4.69) is 4.90 Å². The van der Waals surface area contributed by atoms with Crippen LogP contribution in [0.4, 0.5) is 0 Å². The van der Waals surface area contributed by atoms with Crippen LogP contribution >= 0.6 is 0 Å². The van der Waals surface area contributed by atoms with Gasteiger partial charge in [-0.2, -0.15) is 0 Å². The van der Waals surface area contributed by atoms with Gasteiger partial charge >= 0.3 is 0 Å². The van der Waals surface area contributed by atoms with Gasteiger partial charge in [0.1, 0.15) is 0 Å². The first-order valence-electron chi connectivity index (χ1n) is 4.02. The Hall–Kier alpha value is -0.0900. The molecule has 11 heavy (non-hydrogen) atoms. The molecule has 4 heteroatoms. The van der Waals surface area contributed by atoms with Crippen LogP contribution in [0.1, 0.15) is 12.8 Å². The molecule has 2 aliphatic heterocycles. The van der Waals surface area contributed by atoms with Gasteiger partial charge in [0.2, 0.25) is 0 Å². The minimum absolute atomic E-state index is 0.0498. The summed E-state index contributed by atoms with van der Waals surface area (Å²) in [6.07, 6.45) is 1.77. The summed E-state index contributed by atoms with van der Waals surface area (Å²) >= 11 is 0. The fourth-order valence-corrected chi connectivity index (χ4v) is 4.53. The van der Waals surface area contributed by atoms with Gasteiger partial charge in [-0.15, -0.1) is 0 Å². The first-order chi connectivity index (χ1) is 5.10. The van der Waals surface area contributed by atoms with Gasteiger partial charge < -0.3 is 4.90 Å². The van der Waals surface area contributed by atoms with E-state index in [4.69, 9.17) is 0 Å². The fourth-order valence-electron chi connectivity index (χ4n) is 2.13. The van der Waals surface area contributed by atoms with E-state index in [1.807, 2.05) is 7.05 Å². The van der Waals surface area contributed by atoms with Gasteiger partial charge in [-0.25, -0.2) is 8.42 Å². The number of sulfone groups is 1. The number of likely N-dealkylation sites (tertiary alicyclic amines) is 1. The van der Waals surface area contributed by atoms with Crippen LogP contribution in [-0.4, -0.2) is 44.0 Å². The van der Waals surface area contributed by atoms with Crippen molar-refractivity contribution in [3.8, 4) is 0 Å². The summed E-state index contributed by atoms with van der Waals surface area (Å²) in [5.41, 5.74) is 0. The van der Waals surface area contributed by atoms with Crippen LogP contribution in [0, 0.1) is 0 Å². The van der Waals surface area contributed by atoms with Crippen molar-refractivity contribution in [3.63, 3.8) is 0 Å². The minimum atomic E-state index is -2.70. The highest BCUT2D eigenvalue weighted by atomic mass is 32.2. The molecule has 0 amide bonds. The van der Waals surface area contributed by atoms with Gasteiger partial charge in [-0.1, -0.05) is 0 Å². The van der Waals surface area contributed by atoms with E-state index in [0.29, 0.717) is 0 Å². The van der Waals surface area contributed by atoms with E-state index < -0.39 is 9.84 Å². The Balaban J connectivity index is 2.33. The van der Waals surface area contributed by atoms with Gasteiger partial charge in [0.15, 0.2) is 9.84 Å². The molecule has 0 aromatic carbocycles. The summed E-state index contributed by atoms with van der Waals surface area (Å²) in [7, 11) is -0.704. The maximum atomic E-state index is 11.5. The molecule has 0 spiro atoms. The Kier molecular flexibility index (Phi) is 1.51. The van der Waals surface area contributed by atoms with Gasteiger partial charge in [-0.3, -0.25) is 0 Å². The van der Waals surface area contributed by atoms with E-state index in [1.165, 1.54) is 0 Å². The summed E-state index contributed by atoms with van der Waals surface area (Å²) < 4.78 is 23.0. The second-order valence-corrected chi connectivity index (χ2v) is 6.14. The van der Waals surface area contributed by atoms with E-state index in [9.17, 15) is 8.42 Å². The largest absolute Gasteiger partial charge is 0.304 e. The Morgan fingerprint density at radius 3 is 2.09 bits per heavy atom. The second-order valence-electron chi connectivity index (χ2n) is 3.63. The molecule has 2 fully saturated rings. The van der Waals surface area contributed by atoms with Crippen LogP contribution in [0.25, 0.3) is 0 Å². The lowest BCUT2D eigenvalue weighted by atomic mass is 10.2. The van der Waals surface area contributed by atoms with Gasteiger partial charge in [0, 0.05) is 13.1 Å². The van der Waals surface area contributed by atoms with Gasteiger partial charge in [0.25, 0.3) is 0 Å². The summed E-state index contributed by atoms with van der Waals surface area (Å²) in [6.45, 7) is 1.50. The number of hydrogen-bond donors (Lipinski definition) is 0. The van der Waals surface area contributed by atoms with Gasteiger partial charge in [-0.05, 0) is 19.9 Å². The Bertz CT molecular complexity index is 240. The molecular formula is C7H13NO2S. The lowest BCUT2D eigenvalue weighted by Gasteiger charge is -2.28. The van der Waals surface area contributed by atoms with Crippen molar-refractivity contribution in [1.29, 1.82) is 0 Å². The first-order valence-corrected chi connectivity index (χ1v) is 5.63. The summed E-state index contributed by atoms with van der Waals surface area (Å²) in [6, 6.07) is 0. The minimum Gasteiger partial charge on any atom is -0.304 e. The highest BCUT2D eigenvalue weighted by molar-refractivity contribution is 7.93. The quantitative estimate of drug-likeness (QED) is 0.515. The molecule has 2 atom stereocenters. The number of nitrogens with zero attached hydrogens (tertiary/aromatic N) is 1. The molecule has 64 valence electrons. The van der Waals surface area contributed by atoms with Crippen molar-refractivity contribution in [1.82, 2.24) is 4.90 Å². The highest BCUT2D eigenvalue weighted by Gasteiger charge is 2.45. The third kappa shape index (κ3) is 0.999. The summed E-state index contributed by atoms with van der Waals surface area (Å²) in [4.78, 5) is 2.13. The van der Waals surface area contributed by atoms with Crippen molar-refractivity contribution in [2.24, 2.45) is 0 Å². The SMILES string of the molecule is CN1C[C@H]2CC[C@@H](C1)S2(=O)=O. The second kappa shape index (κ2) is 2.20. The average Bonchev–Trinajstić information content (AvgIpc) is 2.19. The third-order valence-corrected chi connectivity index (χ3v) is 5.40. The molecule has 2 saturated heterocycles. The predicted molar refractivity (Wildman–Crippen MR) is 43.2 cm³/mol. The molecule has 2 rings (SSSR count). The zero-order chi connectivity index (χ0) is 8.06. The smallest absolute Gasteiger partial charge is 0.158 e. The monoisotopic (exact) mass is 175 g/mol. The molecule has 0 saturated carbocycles. The van der Waals surface area contributed by atoms with Crippen molar-refractivity contribution in [2.45, 2.75) is 23.3 Å². The van der Waals surface area contributed by atoms with Crippen LogP contribution in [-0.2, 0) is 9.84 Å². The van der Waals surface area contributed by atoms with Crippen LogP contribution in [0.5, 0.6) is 0 Å². The predicted octanol–water partition coefficient (Wildman–Crippen LogP) is -0.122. The normalized spacial score (nSPS) is 42.6. The molecule has 0 unspecified atom stereocenters. The van der Waals surface area contributed by atoms with E-state index in [0.717, 1.165) is 25.9 Å². The number of fused-ring (bicyclic) bond motifs is 2. The topological polar surface area (TPSA) is 37.4 Å². The van der Waals surface area contributed by atoms with Crippen LogP contribution < -0.4 is 0 Å². The molecule has 0 aromatic rings. The van der Waals surface area contributed by atoms with Crippen molar-refractivity contribution < 1.29 is 8.42 Å². The zero-order valence-electron chi connectivity index (χ0n) is 6.66. The molecule has 0 aromatic heterocycles. The van der Waals surface area contributed by atoms with E-state index in [1.54, 1.807) is 0 Å². The zero-order valence-corrected chi connectivity index (χ0v) is 7.47. The molecule has 3 nitrogen and oxygen atoms in total. The van der Waals surface area contributed by atoms with E-state index >= 15 is 0 Å². The first kappa shape index (κ1) is 7.55. The number of hydrogen-bond acceptors (Lipinski definition) is 3.